The molecule has 0 unspecified atom stereocenters. The average molecular weight is 323 g/mol. The summed E-state index contributed by atoms with van der Waals surface area (Å²) in [5.41, 5.74) is 3.44. The molecule has 0 spiro atoms. The summed E-state index contributed by atoms with van der Waals surface area (Å²) in [6.07, 6.45) is 1.32. The molecular formula is C17H13N3O4. The fraction of sp³-hybridized carbons (Fsp3) is 0. The number of hydrogen-bond acceptors (Lipinski definition) is 4. The van der Waals surface area contributed by atoms with Crippen molar-refractivity contribution in [1.29, 1.82) is 0 Å². The molecule has 0 aliphatic rings. The lowest BCUT2D eigenvalue weighted by atomic mass is 10.1. The molecule has 1 heterocycles. The minimum Gasteiger partial charge on any atom is -0.507 e. The van der Waals surface area contributed by atoms with Crippen LogP contribution in [0.4, 0.5) is 0 Å². The van der Waals surface area contributed by atoms with Crippen LogP contribution in [0.25, 0.3) is 10.9 Å². The molecule has 4 N–H and O–H groups in total. The highest BCUT2D eigenvalue weighted by molar-refractivity contribution is 6.05. The number of hydrazone groups is 1. The Labute approximate surface area is 136 Å². The van der Waals surface area contributed by atoms with Gasteiger partial charge in [-0.05, 0) is 24.3 Å². The van der Waals surface area contributed by atoms with Crippen LogP contribution in [0.5, 0.6) is 5.75 Å². The minimum atomic E-state index is -1.08. The number of aromatic carboxylic acids is 1. The molecule has 0 bridgehead atoms. The van der Waals surface area contributed by atoms with Gasteiger partial charge in [0.2, 0.25) is 0 Å². The molecule has 0 atom stereocenters. The smallest absolute Gasteiger partial charge is 0.337 e. The summed E-state index contributed by atoms with van der Waals surface area (Å²) < 4.78 is 0. The lowest BCUT2D eigenvalue weighted by molar-refractivity contribution is 0.0698. The molecule has 24 heavy (non-hydrogen) atoms. The van der Waals surface area contributed by atoms with Crippen molar-refractivity contribution in [3.63, 3.8) is 0 Å². The van der Waals surface area contributed by atoms with E-state index in [2.05, 4.69) is 15.5 Å². The third-order valence-corrected chi connectivity index (χ3v) is 3.44. The van der Waals surface area contributed by atoms with E-state index >= 15 is 0 Å². The largest absolute Gasteiger partial charge is 0.507 e. The van der Waals surface area contributed by atoms with Crippen molar-refractivity contribution in [2.24, 2.45) is 5.10 Å². The van der Waals surface area contributed by atoms with Gasteiger partial charge in [0.15, 0.2) is 0 Å². The monoisotopic (exact) mass is 323 g/mol. The van der Waals surface area contributed by atoms with E-state index in [0.717, 1.165) is 0 Å². The lowest BCUT2D eigenvalue weighted by Crippen LogP contribution is -2.17. The Hall–Kier alpha value is -3.61. The maximum absolute atomic E-state index is 12.1. The number of aromatic amines is 1. The van der Waals surface area contributed by atoms with E-state index in [1.54, 1.807) is 36.4 Å². The number of carboxylic acids is 1. The van der Waals surface area contributed by atoms with E-state index in [1.807, 2.05) is 0 Å². The SMILES string of the molecule is O=C(N/N=C/c1ccccc1O)c1cc2cccc(C(=O)O)c2[nH]1. The maximum atomic E-state index is 12.1. The van der Waals surface area contributed by atoms with Gasteiger partial charge in [0.05, 0.1) is 17.3 Å². The van der Waals surface area contributed by atoms with E-state index in [1.165, 1.54) is 18.3 Å². The van der Waals surface area contributed by atoms with Gasteiger partial charge in [0.25, 0.3) is 5.91 Å². The molecule has 2 aromatic carbocycles. The predicted octanol–water partition coefficient (Wildman–Crippen LogP) is 2.34. The van der Waals surface area contributed by atoms with Crippen LogP contribution in [0.1, 0.15) is 26.4 Å². The maximum Gasteiger partial charge on any atom is 0.337 e. The van der Waals surface area contributed by atoms with Crippen LogP contribution in [-0.2, 0) is 0 Å². The summed E-state index contributed by atoms with van der Waals surface area (Å²) in [6, 6.07) is 12.9. The molecule has 3 aromatic rings. The number of amides is 1. The van der Waals surface area contributed by atoms with Crippen molar-refractivity contribution >= 4 is 29.0 Å². The summed E-state index contributed by atoms with van der Waals surface area (Å²) in [4.78, 5) is 26.1. The molecule has 0 aliphatic heterocycles. The fourth-order valence-corrected chi connectivity index (χ4v) is 2.27. The molecule has 120 valence electrons. The fourth-order valence-electron chi connectivity index (χ4n) is 2.27. The van der Waals surface area contributed by atoms with Crippen LogP contribution >= 0.6 is 0 Å². The zero-order valence-electron chi connectivity index (χ0n) is 12.4. The van der Waals surface area contributed by atoms with E-state index in [-0.39, 0.29) is 17.0 Å². The first kappa shape index (κ1) is 15.3. The summed E-state index contributed by atoms with van der Waals surface area (Å²) in [5.74, 6) is -1.55. The van der Waals surface area contributed by atoms with Gasteiger partial charge in [-0.25, -0.2) is 10.2 Å². The first-order valence-electron chi connectivity index (χ1n) is 7.02. The second-order valence-electron chi connectivity index (χ2n) is 5.02. The van der Waals surface area contributed by atoms with Crippen LogP contribution in [0, 0.1) is 0 Å². The Bertz CT molecular complexity index is 959. The molecule has 0 aliphatic carbocycles. The highest BCUT2D eigenvalue weighted by Crippen LogP contribution is 2.19. The number of carbonyl (C=O) groups excluding carboxylic acids is 1. The number of nitrogens with one attached hydrogen (secondary N) is 2. The van der Waals surface area contributed by atoms with Crippen molar-refractivity contribution in [3.8, 4) is 5.75 Å². The molecule has 7 heteroatoms. The number of benzene rings is 2. The summed E-state index contributed by atoms with van der Waals surface area (Å²) >= 11 is 0. The molecule has 3 rings (SSSR count). The van der Waals surface area contributed by atoms with Gasteiger partial charge < -0.3 is 15.2 Å². The van der Waals surface area contributed by atoms with Gasteiger partial charge >= 0.3 is 5.97 Å². The molecule has 0 radical (unpaired) electrons. The Kier molecular flexibility index (Phi) is 3.98. The van der Waals surface area contributed by atoms with Crippen LogP contribution in [0.2, 0.25) is 0 Å². The number of phenols is 1. The number of aromatic hydroxyl groups is 1. The van der Waals surface area contributed by atoms with Crippen molar-refractivity contribution in [1.82, 2.24) is 10.4 Å². The number of hydrogen-bond donors (Lipinski definition) is 4. The third-order valence-electron chi connectivity index (χ3n) is 3.44. The van der Waals surface area contributed by atoms with Crippen LogP contribution in [-0.4, -0.2) is 33.3 Å². The highest BCUT2D eigenvalue weighted by Gasteiger charge is 2.14. The zero-order chi connectivity index (χ0) is 17.1. The Morgan fingerprint density at radius 3 is 2.67 bits per heavy atom. The second-order valence-corrected chi connectivity index (χ2v) is 5.02. The van der Waals surface area contributed by atoms with Gasteiger partial charge in [-0.15, -0.1) is 0 Å². The number of phenolic OH excluding ortho intramolecular Hbond substituents is 1. The number of fused-ring (bicyclic) bond motifs is 1. The molecule has 0 saturated heterocycles. The number of aromatic nitrogens is 1. The topological polar surface area (TPSA) is 115 Å². The quantitative estimate of drug-likeness (QED) is 0.436. The molecular weight excluding hydrogens is 310 g/mol. The molecule has 0 fully saturated rings. The van der Waals surface area contributed by atoms with E-state index in [9.17, 15) is 14.7 Å². The Morgan fingerprint density at radius 2 is 1.92 bits per heavy atom. The van der Waals surface area contributed by atoms with Crippen LogP contribution < -0.4 is 5.43 Å². The molecule has 0 saturated carbocycles. The van der Waals surface area contributed by atoms with Crippen molar-refractivity contribution in [2.45, 2.75) is 0 Å². The van der Waals surface area contributed by atoms with Gasteiger partial charge in [-0.2, -0.15) is 5.10 Å². The Morgan fingerprint density at radius 1 is 1.12 bits per heavy atom. The summed E-state index contributed by atoms with van der Waals surface area (Å²) in [7, 11) is 0. The first-order valence-corrected chi connectivity index (χ1v) is 7.02. The van der Waals surface area contributed by atoms with Gasteiger partial charge in [-0.3, -0.25) is 4.79 Å². The van der Waals surface area contributed by atoms with Gasteiger partial charge in [0.1, 0.15) is 11.4 Å². The second kappa shape index (κ2) is 6.25. The van der Waals surface area contributed by atoms with E-state index < -0.39 is 11.9 Å². The number of H-pyrrole nitrogens is 1. The number of rotatable bonds is 4. The molecule has 1 aromatic heterocycles. The third kappa shape index (κ3) is 2.95. The molecule has 7 nitrogen and oxygen atoms in total. The number of carboxylic acid groups (broad SMARTS) is 1. The van der Waals surface area contributed by atoms with E-state index in [0.29, 0.717) is 16.5 Å². The minimum absolute atomic E-state index is 0.0483. The number of para-hydroxylation sites is 2. The number of carbonyl (C=O) groups is 2. The molecule has 1 amide bonds. The summed E-state index contributed by atoms with van der Waals surface area (Å²) in [5, 5.41) is 23.2. The van der Waals surface area contributed by atoms with Gasteiger partial charge in [-0.1, -0.05) is 24.3 Å². The van der Waals surface area contributed by atoms with Crippen molar-refractivity contribution < 1.29 is 19.8 Å². The number of nitrogens with zero attached hydrogens (tertiary/aromatic N) is 1. The van der Waals surface area contributed by atoms with Crippen LogP contribution in [0.3, 0.4) is 0 Å². The van der Waals surface area contributed by atoms with Crippen molar-refractivity contribution in [3.05, 3.63) is 65.4 Å². The summed E-state index contributed by atoms with van der Waals surface area (Å²) in [6.45, 7) is 0. The standard InChI is InChI=1S/C17H13N3O4/c21-14-7-2-1-4-11(14)9-18-20-16(22)13-8-10-5-3-6-12(17(23)24)15(10)19-13/h1-9,19,21H,(H,20,22)(H,23,24)/b18-9+. The normalized spacial score (nSPS) is 11.0. The van der Waals surface area contributed by atoms with Crippen molar-refractivity contribution in [2.75, 3.05) is 0 Å². The first-order chi connectivity index (χ1) is 11.6. The lowest BCUT2D eigenvalue weighted by Gasteiger charge is -1.98. The average Bonchev–Trinajstić information content (AvgIpc) is 3.00. The predicted molar refractivity (Wildman–Crippen MR) is 88.4 cm³/mol. The highest BCUT2D eigenvalue weighted by atomic mass is 16.4. The van der Waals surface area contributed by atoms with Crippen LogP contribution in [0.15, 0.2) is 53.6 Å². The van der Waals surface area contributed by atoms with Gasteiger partial charge in [0, 0.05) is 10.9 Å². The zero-order valence-corrected chi connectivity index (χ0v) is 12.4. The van der Waals surface area contributed by atoms with E-state index in [4.69, 9.17) is 5.11 Å². The Balaban J connectivity index is 1.81.